The van der Waals surface area contributed by atoms with Crippen LogP contribution in [0.5, 0.6) is 0 Å². The van der Waals surface area contributed by atoms with Gasteiger partial charge in [0.1, 0.15) is 0 Å². The Morgan fingerprint density at radius 1 is 1.78 bits per heavy atom. The van der Waals surface area contributed by atoms with E-state index in [0.717, 1.165) is 0 Å². The maximum absolute atomic E-state index is 11.8. The van der Waals surface area contributed by atoms with Crippen molar-refractivity contribution in [2.45, 2.75) is 12.6 Å². The van der Waals surface area contributed by atoms with E-state index >= 15 is 0 Å². The zero-order valence-electron chi connectivity index (χ0n) is 4.71. The van der Waals surface area contributed by atoms with Crippen LogP contribution in [0.4, 0.5) is 4.39 Å². The zero-order chi connectivity index (χ0) is 6.57. The molecule has 9 heavy (non-hydrogen) atoms. The van der Waals surface area contributed by atoms with Gasteiger partial charge in [-0.25, -0.2) is 9.18 Å². The van der Waals surface area contributed by atoms with Crippen molar-refractivity contribution < 1.29 is 14.3 Å². The number of halogens is 2. The molecule has 0 spiro atoms. The van der Waals surface area contributed by atoms with Crippen LogP contribution in [0.3, 0.4) is 0 Å². The number of carboxylic acids is 1. The summed E-state index contributed by atoms with van der Waals surface area (Å²) in [5, 5.41) is 7.88. The Morgan fingerprint density at radius 3 is 2.33 bits per heavy atom. The highest BCUT2D eigenvalue weighted by molar-refractivity contribution is 5.85. The second-order valence-electron chi connectivity index (χ2n) is 1.38. The minimum atomic E-state index is -1.79. The monoisotopic (exact) mass is 157 g/mol. The maximum atomic E-state index is 11.8. The Bertz CT molecular complexity index is 90.6. The van der Waals surface area contributed by atoms with Crippen molar-refractivity contribution in [2.24, 2.45) is 5.73 Å². The van der Waals surface area contributed by atoms with Gasteiger partial charge in [0.25, 0.3) is 0 Å². The SMILES string of the molecule is Cl.NCCC(F)C(=O)O. The minimum absolute atomic E-state index is 0. The van der Waals surface area contributed by atoms with Gasteiger partial charge in [0.2, 0.25) is 0 Å². The van der Waals surface area contributed by atoms with E-state index in [2.05, 4.69) is 0 Å². The Kier molecular flexibility index (Phi) is 7.35. The summed E-state index contributed by atoms with van der Waals surface area (Å²) >= 11 is 0. The fourth-order valence-electron chi connectivity index (χ4n) is 0.270. The van der Waals surface area contributed by atoms with Crippen LogP contribution in [0.25, 0.3) is 0 Å². The number of nitrogens with two attached hydrogens (primary N) is 1. The normalized spacial score (nSPS) is 11.8. The second-order valence-corrected chi connectivity index (χ2v) is 1.38. The summed E-state index contributed by atoms with van der Waals surface area (Å²) in [5.41, 5.74) is 4.86. The molecule has 0 aromatic heterocycles. The van der Waals surface area contributed by atoms with Gasteiger partial charge in [0.05, 0.1) is 0 Å². The molecule has 0 aromatic carbocycles. The van der Waals surface area contributed by atoms with Gasteiger partial charge in [0, 0.05) is 6.42 Å². The summed E-state index contributed by atoms with van der Waals surface area (Å²) in [6.07, 6.45) is -1.89. The lowest BCUT2D eigenvalue weighted by Gasteiger charge is -1.96. The summed E-state index contributed by atoms with van der Waals surface area (Å²) in [4.78, 5) is 9.66. The third-order valence-electron chi connectivity index (χ3n) is 0.688. The van der Waals surface area contributed by atoms with E-state index in [-0.39, 0.29) is 25.4 Å². The number of rotatable bonds is 3. The highest BCUT2D eigenvalue weighted by Crippen LogP contribution is 1.93. The number of hydrogen-bond donors (Lipinski definition) is 2. The maximum Gasteiger partial charge on any atom is 0.338 e. The van der Waals surface area contributed by atoms with Gasteiger partial charge in [0.15, 0.2) is 6.17 Å². The topological polar surface area (TPSA) is 63.3 Å². The molecule has 1 atom stereocenters. The highest BCUT2D eigenvalue weighted by Gasteiger charge is 2.12. The predicted octanol–water partition coefficient (Wildman–Crippen LogP) is 0.180. The molecular formula is C4H9ClFNO2. The minimum Gasteiger partial charge on any atom is -0.479 e. The third kappa shape index (κ3) is 5.52. The van der Waals surface area contributed by atoms with Crippen LogP contribution in [0.1, 0.15) is 6.42 Å². The number of carbonyl (C=O) groups is 1. The number of carboxylic acid groups (broad SMARTS) is 1. The summed E-state index contributed by atoms with van der Waals surface area (Å²) in [7, 11) is 0. The van der Waals surface area contributed by atoms with E-state index in [1.165, 1.54) is 0 Å². The van der Waals surface area contributed by atoms with Crippen LogP contribution in [0.2, 0.25) is 0 Å². The quantitative estimate of drug-likeness (QED) is 0.614. The molecule has 0 aliphatic rings. The van der Waals surface area contributed by atoms with Crippen molar-refractivity contribution in [3.05, 3.63) is 0 Å². The predicted molar refractivity (Wildman–Crippen MR) is 33.5 cm³/mol. The first-order valence-corrected chi connectivity index (χ1v) is 2.25. The lowest BCUT2D eigenvalue weighted by molar-refractivity contribution is -0.142. The van der Waals surface area contributed by atoms with Crippen molar-refractivity contribution in [3.8, 4) is 0 Å². The van der Waals surface area contributed by atoms with E-state index < -0.39 is 12.1 Å². The molecule has 5 heteroatoms. The van der Waals surface area contributed by atoms with Crippen molar-refractivity contribution >= 4 is 18.4 Å². The molecule has 0 rings (SSSR count). The van der Waals surface area contributed by atoms with Crippen molar-refractivity contribution in [1.29, 1.82) is 0 Å². The van der Waals surface area contributed by atoms with Crippen LogP contribution >= 0.6 is 12.4 Å². The number of hydrogen-bond acceptors (Lipinski definition) is 2. The molecule has 0 saturated carbocycles. The molecule has 0 heterocycles. The fraction of sp³-hybridized carbons (Fsp3) is 0.750. The Morgan fingerprint density at radius 2 is 2.22 bits per heavy atom. The van der Waals surface area contributed by atoms with Crippen LogP contribution < -0.4 is 5.73 Å². The summed E-state index contributed by atoms with van der Waals surface area (Å²) < 4.78 is 11.8. The van der Waals surface area contributed by atoms with E-state index in [1.54, 1.807) is 0 Å². The molecule has 0 aliphatic heterocycles. The first kappa shape index (κ1) is 11.4. The van der Waals surface area contributed by atoms with Gasteiger partial charge in [-0.15, -0.1) is 12.4 Å². The van der Waals surface area contributed by atoms with Crippen molar-refractivity contribution in [1.82, 2.24) is 0 Å². The standard InChI is InChI=1S/C4H8FNO2.ClH/c5-3(1-2-6)4(7)8;/h3H,1-2,6H2,(H,7,8);1H. The van der Waals surface area contributed by atoms with Gasteiger partial charge in [-0.05, 0) is 6.54 Å². The molecule has 3 nitrogen and oxygen atoms in total. The number of alkyl halides is 1. The smallest absolute Gasteiger partial charge is 0.338 e. The zero-order valence-corrected chi connectivity index (χ0v) is 5.53. The molecule has 0 aliphatic carbocycles. The van der Waals surface area contributed by atoms with Gasteiger partial charge >= 0.3 is 5.97 Å². The average molecular weight is 158 g/mol. The molecule has 0 saturated heterocycles. The van der Waals surface area contributed by atoms with E-state index in [0.29, 0.717) is 0 Å². The Hall–Kier alpha value is -0.350. The third-order valence-corrected chi connectivity index (χ3v) is 0.688. The van der Waals surface area contributed by atoms with Crippen molar-refractivity contribution in [3.63, 3.8) is 0 Å². The van der Waals surface area contributed by atoms with Gasteiger partial charge in [-0.1, -0.05) is 0 Å². The van der Waals surface area contributed by atoms with Crippen molar-refractivity contribution in [2.75, 3.05) is 6.54 Å². The number of aliphatic carboxylic acids is 1. The lowest BCUT2D eigenvalue weighted by atomic mass is 10.3. The molecule has 0 amide bonds. The van der Waals surface area contributed by atoms with Crippen LogP contribution in [-0.2, 0) is 4.79 Å². The Labute approximate surface area is 58.4 Å². The summed E-state index contributed by atoms with van der Waals surface area (Å²) in [6, 6.07) is 0. The van der Waals surface area contributed by atoms with E-state index in [9.17, 15) is 9.18 Å². The van der Waals surface area contributed by atoms with Gasteiger partial charge in [-0.2, -0.15) is 0 Å². The molecule has 3 N–H and O–H groups in total. The summed E-state index contributed by atoms with van der Waals surface area (Å²) in [6.45, 7) is 0.0769. The average Bonchev–Trinajstić information content (AvgIpc) is 1.67. The Balaban J connectivity index is 0. The summed E-state index contributed by atoms with van der Waals surface area (Å²) in [5.74, 6) is -1.43. The lowest BCUT2D eigenvalue weighted by Crippen LogP contribution is -2.18. The van der Waals surface area contributed by atoms with Gasteiger partial charge < -0.3 is 10.8 Å². The first-order valence-electron chi connectivity index (χ1n) is 2.25. The van der Waals surface area contributed by atoms with E-state index in [4.69, 9.17) is 10.8 Å². The van der Waals surface area contributed by atoms with E-state index in [1.807, 2.05) is 0 Å². The molecule has 0 fully saturated rings. The fourth-order valence-corrected chi connectivity index (χ4v) is 0.270. The largest absolute Gasteiger partial charge is 0.479 e. The molecule has 56 valence electrons. The molecule has 0 aromatic rings. The molecule has 0 bridgehead atoms. The molecule has 0 radical (unpaired) electrons. The molecular weight excluding hydrogens is 148 g/mol. The second kappa shape index (κ2) is 5.78. The van der Waals surface area contributed by atoms with Gasteiger partial charge in [-0.3, -0.25) is 0 Å². The van der Waals surface area contributed by atoms with Crippen LogP contribution in [0, 0.1) is 0 Å². The van der Waals surface area contributed by atoms with Crippen LogP contribution in [0.15, 0.2) is 0 Å². The first-order chi connectivity index (χ1) is 3.68. The highest BCUT2D eigenvalue weighted by atomic mass is 35.5. The van der Waals surface area contributed by atoms with Crippen LogP contribution in [-0.4, -0.2) is 23.8 Å². The molecule has 1 unspecified atom stereocenters.